The van der Waals surface area contributed by atoms with Gasteiger partial charge >= 0.3 is 0 Å². The topological polar surface area (TPSA) is 38.8 Å². The third kappa shape index (κ3) is 3.00. The third-order valence-corrected chi connectivity index (χ3v) is 5.90. The molecule has 0 N–H and O–H groups in total. The lowest BCUT2D eigenvalue weighted by Crippen LogP contribution is -2.46. The smallest absolute Gasteiger partial charge is 0.268 e. The summed E-state index contributed by atoms with van der Waals surface area (Å²) in [5, 5.41) is 0.0337. The Labute approximate surface area is 153 Å². The lowest BCUT2D eigenvalue weighted by Gasteiger charge is -2.31. The van der Waals surface area contributed by atoms with Crippen molar-refractivity contribution in [1.29, 1.82) is 0 Å². The molecule has 2 aromatic rings. The van der Waals surface area contributed by atoms with Crippen LogP contribution in [0.1, 0.15) is 10.9 Å². The fraction of sp³-hybridized carbons (Fsp3) is 0.278. The van der Waals surface area contributed by atoms with E-state index in [4.69, 9.17) is 9.47 Å². The first-order valence-corrected chi connectivity index (χ1v) is 9.62. The molecule has 0 aliphatic carbocycles. The molecule has 2 aliphatic rings. The van der Waals surface area contributed by atoms with Gasteiger partial charge in [0.25, 0.3) is 5.91 Å². The van der Waals surface area contributed by atoms with Gasteiger partial charge in [0.1, 0.15) is 12.0 Å². The minimum absolute atomic E-state index is 0.0116. The zero-order chi connectivity index (χ0) is 16.5. The Balaban J connectivity index is 1.52. The Morgan fingerprint density at radius 1 is 1.12 bits per heavy atom. The summed E-state index contributed by atoms with van der Waals surface area (Å²) in [7, 11) is 0. The van der Waals surface area contributed by atoms with Crippen LogP contribution in [0.3, 0.4) is 0 Å². The zero-order valence-corrected chi connectivity index (χ0v) is 15.3. The SMILES string of the molecule is O=C(C1COc2ccccc2O1)N1CCSC1c1ccc(Br)cc1. The van der Waals surface area contributed by atoms with E-state index in [1.54, 1.807) is 11.8 Å². The number of nitrogens with zero attached hydrogens (tertiary/aromatic N) is 1. The zero-order valence-electron chi connectivity index (χ0n) is 12.9. The van der Waals surface area contributed by atoms with Gasteiger partial charge < -0.3 is 14.4 Å². The van der Waals surface area contributed by atoms with Gasteiger partial charge in [-0.1, -0.05) is 40.2 Å². The van der Waals surface area contributed by atoms with Crippen molar-refractivity contribution in [3.05, 3.63) is 58.6 Å². The van der Waals surface area contributed by atoms with Crippen molar-refractivity contribution in [1.82, 2.24) is 4.90 Å². The normalized spacial score (nSPS) is 22.5. The summed E-state index contributed by atoms with van der Waals surface area (Å²) >= 11 is 5.23. The highest BCUT2D eigenvalue weighted by Gasteiger charge is 2.37. The molecule has 1 amide bonds. The highest BCUT2D eigenvalue weighted by atomic mass is 79.9. The minimum Gasteiger partial charge on any atom is -0.485 e. The summed E-state index contributed by atoms with van der Waals surface area (Å²) in [6.45, 7) is 0.982. The van der Waals surface area contributed by atoms with E-state index in [-0.39, 0.29) is 17.9 Å². The molecule has 2 heterocycles. The molecule has 2 aliphatic heterocycles. The van der Waals surface area contributed by atoms with Crippen LogP contribution in [-0.4, -0.2) is 35.8 Å². The van der Waals surface area contributed by atoms with Crippen LogP contribution in [0.15, 0.2) is 53.0 Å². The molecular formula is C18H16BrNO3S. The number of carbonyl (C=O) groups is 1. The molecule has 0 bridgehead atoms. The lowest BCUT2D eigenvalue weighted by molar-refractivity contribution is -0.141. The van der Waals surface area contributed by atoms with E-state index in [0.717, 1.165) is 22.3 Å². The van der Waals surface area contributed by atoms with E-state index < -0.39 is 6.10 Å². The molecule has 0 saturated carbocycles. The van der Waals surface area contributed by atoms with Crippen molar-refractivity contribution >= 4 is 33.6 Å². The number of hydrogen-bond donors (Lipinski definition) is 0. The fourth-order valence-electron chi connectivity index (χ4n) is 2.93. The van der Waals surface area contributed by atoms with E-state index in [1.165, 1.54) is 0 Å². The number of thioether (sulfide) groups is 1. The van der Waals surface area contributed by atoms with Crippen molar-refractivity contribution in [3.8, 4) is 11.5 Å². The molecule has 124 valence electrons. The Morgan fingerprint density at radius 2 is 1.88 bits per heavy atom. The molecule has 4 rings (SSSR count). The number of hydrogen-bond acceptors (Lipinski definition) is 4. The highest BCUT2D eigenvalue weighted by molar-refractivity contribution is 9.10. The Kier molecular flexibility index (Phi) is 4.41. The second-order valence-corrected chi connectivity index (χ2v) is 7.77. The van der Waals surface area contributed by atoms with Crippen LogP contribution in [0.4, 0.5) is 0 Å². The van der Waals surface area contributed by atoms with Crippen molar-refractivity contribution in [3.63, 3.8) is 0 Å². The van der Waals surface area contributed by atoms with Crippen molar-refractivity contribution < 1.29 is 14.3 Å². The number of halogens is 1. The fourth-order valence-corrected chi connectivity index (χ4v) is 4.45. The summed E-state index contributed by atoms with van der Waals surface area (Å²) < 4.78 is 12.6. The van der Waals surface area contributed by atoms with Crippen LogP contribution in [0.25, 0.3) is 0 Å². The number of rotatable bonds is 2. The molecule has 0 spiro atoms. The number of carbonyl (C=O) groups excluding carboxylic acids is 1. The molecule has 2 aromatic carbocycles. The van der Waals surface area contributed by atoms with Gasteiger partial charge in [0, 0.05) is 16.8 Å². The standard InChI is InChI=1S/C18H16BrNO3S/c19-13-7-5-12(6-8-13)18-20(9-10-24-18)17(21)16-11-22-14-3-1-2-4-15(14)23-16/h1-8,16,18H,9-11H2. The number of para-hydroxylation sites is 2. The van der Waals surface area contributed by atoms with Crippen LogP contribution in [0, 0.1) is 0 Å². The van der Waals surface area contributed by atoms with Crippen LogP contribution >= 0.6 is 27.7 Å². The first kappa shape index (κ1) is 15.8. The van der Waals surface area contributed by atoms with E-state index in [0.29, 0.717) is 11.5 Å². The highest BCUT2D eigenvalue weighted by Crippen LogP contribution is 2.39. The van der Waals surface area contributed by atoms with E-state index >= 15 is 0 Å². The largest absolute Gasteiger partial charge is 0.485 e. The molecule has 1 saturated heterocycles. The lowest BCUT2D eigenvalue weighted by atomic mass is 10.2. The van der Waals surface area contributed by atoms with Crippen molar-refractivity contribution in [2.75, 3.05) is 18.9 Å². The van der Waals surface area contributed by atoms with Gasteiger partial charge in [-0.2, -0.15) is 0 Å². The molecule has 2 atom stereocenters. The van der Waals surface area contributed by atoms with Gasteiger partial charge in [0.15, 0.2) is 11.5 Å². The molecule has 0 aromatic heterocycles. The maximum Gasteiger partial charge on any atom is 0.268 e. The van der Waals surface area contributed by atoms with Gasteiger partial charge in [-0.3, -0.25) is 4.79 Å². The number of amides is 1. The molecule has 6 heteroatoms. The quantitative estimate of drug-likeness (QED) is 0.759. The summed E-state index contributed by atoms with van der Waals surface area (Å²) in [6.07, 6.45) is -0.587. The van der Waals surface area contributed by atoms with Crippen LogP contribution in [0.5, 0.6) is 11.5 Å². The minimum atomic E-state index is -0.587. The number of benzene rings is 2. The van der Waals surface area contributed by atoms with Crippen molar-refractivity contribution in [2.45, 2.75) is 11.5 Å². The Bertz CT molecular complexity index is 752. The van der Waals surface area contributed by atoms with E-state index in [9.17, 15) is 4.79 Å². The molecule has 2 unspecified atom stereocenters. The van der Waals surface area contributed by atoms with Crippen molar-refractivity contribution in [2.24, 2.45) is 0 Å². The van der Waals surface area contributed by atoms with Gasteiger partial charge in [-0.25, -0.2) is 0 Å². The maximum atomic E-state index is 13.0. The molecule has 1 fully saturated rings. The van der Waals surface area contributed by atoms with E-state index in [2.05, 4.69) is 28.1 Å². The van der Waals surface area contributed by atoms with Gasteiger partial charge in [-0.15, -0.1) is 11.8 Å². The first-order chi connectivity index (χ1) is 11.7. The predicted octanol–water partition coefficient (Wildman–Crippen LogP) is 3.86. The second-order valence-electron chi connectivity index (χ2n) is 5.67. The second kappa shape index (κ2) is 6.69. The molecular weight excluding hydrogens is 390 g/mol. The summed E-state index contributed by atoms with van der Waals surface area (Å²) in [5.74, 6) is 2.25. The predicted molar refractivity (Wildman–Crippen MR) is 97.4 cm³/mol. The molecule has 24 heavy (non-hydrogen) atoms. The maximum absolute atomic E-state index is 13.0. The third-order valence-electron chi connectivity index (χ3n) is 4.11. The summed E-state index contributed by atoms with van der Waals surface area (Å²) in [5.41, 5.74) is 1.13. The van der Waals surface area contributed by atoms with Gasteiger partial charge in [0.05, 0.1) is 0 Å². The number of ether oxygens (including phenoxy) is 2. The average Bonchev–Trinajstić information content (AvgIpc) is 3.11. The summed E-state index contributed by atoms with van der Waals surface area (Å²) in [4.78, 5) is 14.9. The van der Waals surface area contributed by atoms with Gasteiger partial charge in [0.2, 0.25) is 6.10 Å². The Hall–Kier alpha value is -1.66. The monoisotopic (exact) mass is 405 g/mol. The van der Waals surface area contributed by atoms with Crippen LogP contribution in [-0.2, 0) is 4.79 Å². The van der Waals surface area contributed by atoms with Crippen LogP contribution in [0.2, 0.25) is 0 Å². The number of fused-ring (bicyclic) bond motifs is 1. The summed E-state index contributed by atoms with van der Waals surface area (Å²) in [6, 6.07) is 15.6. The van der Waals surface area contributed by atoms with E-state index in [1.807, 2.05) is 41.3 Å². The van der Waals surface area contributed by atoms with Crippen LogP contribution < -0.4 is 9.47 Å². The molecule has 0 radical (unpaired) electrons. The van der Waals surface area contributed by atoms with Gasteiger partial charge in [-0.05, 0) is 29.8 Å². The molecule has 4 nitrogen and oxygen atoms in total. The average molecular weight is 406 g/mol. The Morgan fingerprint density at radius 3 is 2.67 bits per heavy atom. The first-order valence-electron chi connectivity index (χ1n) is 7.78.